The normalized spacial score (nSPS) is 34.0. The highest BCUT2D eigenvalue weighted by atomic mass is 19.1. The largest absolute Gasteiger partial charge is 0.342 e. The van der Waals surface area contributed by atoms with Gasteiger partial charge in [-0.1, -0.05) is 12.1 Å². The summed E-state index contributed by atoms with van der Waals surface area (Å²) in [5.74, 6) is 2.53. The summed E-state index contributed by atoms with van der Waals surface area (Å²) in [5, 5.41) is 0. The Morgan fingerprint density at radius 1 is 1.12 bits per heavy atom. The number of hydrogen-bond donors (Lipinski definition) is 0. The van der Waals surface area contributed by atoms with Crippen molar-refractivity contribution in [2.45, 2.75) is 38.5 Å². The molecule has 0 N–H and O–H groups in total. The molecule has 0 heterocycles. The standard InChI is InChI=1S/C21H26FNO/c1-23(20(24)7-4-15-2-5-19(22)6-3-15)14-21-11-16-8-17(12-21)10-18(9-16)13-21/h2-7,16-18H,8-14H2,1H3/b7-4+. The fourth-order valence-corrected chi connectivity index (χ4v) is 5.93. The van der Waals surface area contributed by atoms with Crippen LogP contribution < -0.4 is 0 Å². The quantitative estimate of drug-likeness (QED) is 0.745. The second kappa shape index (κ2) is 6.02. The second-order valence-electron chi connectivity index (χ2n) is 8.50. The van der Waals surface area contributed by atoms with Gasteiger partial charge in [-0.05, 0) is 85.5 Å². The number of hydrogen-bond acceptors (Lipinski definition) is 1. The molecule has 4 saturated carbocycles. The molecule has 3 heteroatoms. The molecule has 0 atom stereocenters. The fourth-order valence-electron chi connectivity index (χ4n) is 5.93. The van der Waals surface area contributed by atoms with Crippen LogP contribution in [0.3, 0.4) is 0 Å². The SMILES string of the molecule is CN(CC12CC3CC(CC(C3)C1)C2)C(=O)/C=C/c1ccc(F)cc1. The van der Waals surface area contributed by atoms with Crippen molar-refractivity contribution in [1.29, 1.82) is 0 Å². The van der Waals surface area contributed by atoms with E-state index >= 15 is 0 Å². The van der Waals surface area contributed by atoms with Crippen LogP contribution in [0.5, 0.6) is 0 Å². The van der Waals surface area contributed by atoms with E-state index in [-0.39, 0.29) is 11.7 Å². The minimum atomic E-state index is -0.252. The molecule has 2 nitrogen and oxygen atoms in total. The monoisotopic (exact) mass is 327 g/mol. The van der Waals surface area contributed by atoms with E-state index in [0.717, 1.165) is 29.9 Å². The minimum absolute atomic E-state index is 0.0510. The molecule has 24 heavy (non-hydrogen) atoms. The molecule has 0 aliphatic heterocycles. The van der Waals surface area contributed by atoms with E-state index in [0.29, 0.717) is 5.41 Å². The van der Waals surface area contributed by atoms with Crippen molar-refractivity contribution in [3.05, 3.63) is 41.7 Å². The third-order valence-electron chi connectivity index (χ3n) is 6.40. The third kappa shape index (κ3) is 3.13. The summed E-state index contributed by atoms with van der Waals surface area (Å²) in [4.78, 5) is 14.4. The number of benzene rings is 1. The highest BCUT2D eigenvalue weighted by Gasteiger charge is 2.51. The highest BCUT2D eigenvalue weighted by molar-refractivity contribution is 5.91. The summed E-state index contributed by atoms with van der Waals surface area (Å²) in [6, 6.07) is 6.23. The van der Waals surface area contributed by atoms with Crippen LogP contribution in [0.4, 0.5) is 4.39 Å². The summed E-state index contributed by atoms with van der Waals surface area (Å²) >= 11 is 0. The Balaban J connectivity index is 1.39. The number of rotatable bonds is 4. The molecule has 0 radical (unpaired) electrons. The smallest absolute Gasteiger partial charge is 0.246 e. The Morgan fingerprint density at radius 2 is 1.67 bits per heavy atom. The lowest BCUT2D eigenvalue weighted by atomic mass is 9.49. The van der Waals surface area contributed by atoms with Gasteiger partial charge in [-0.3, -0.25) is 4.79 Å². The van der Waals surface area contributed by atoms with Gasteiger partial charge < -0.3 is 4.90 Å². The van der Waals surface area contributed by atoms with Gasteiger partial charge in [-0.25, -0.2) is 4.39 Å². The second-order valence-corrected chi connectivity index (χ2v) is 8.50. The Hall–Kier alpha value is -1.64. The molecule has 0 aromatic heterocycles. The molecule has 4 fully saturated rings. The van der Waals surface area contributed by atoms with Crippen LogP contribution in [0.25, 0.3) is 6.08 Å². The molecule has 0 spiro atoms. The molecular weight excluding hydrogens is 301 g/mol. The molecule has 1 aromatic carbocycles. The lowest BCUT2D eigenvalue weighted by Crippen LogP contribution is -2.51. The molecule has 4 aliphatic carbocycles. The molecule has 0 saturated heterocycles. The van der Waals surface area contributed by atoms with Gasteiger partial charge in [0.2, 0.25) is 5.91 Å². The Bertz CT molecular complexity index is 613. The average Bonchev–Trinajstić information content (AvgIpc) is 2.52. The Kier molecular flexibility index (Phi) is 3.98. The third-order valence-corrected chi connectivity index (χ3v) is 6.40. The first-order valence-electron chi connectivity index (χ1n) is 9.20. The molecule has 4 bridgehead atoms. The van der Waals surface area contributed by atoms with E-state index < -0.39 is 0 Å². The van der Waals surface area contributed by atoms with E-state index in [1.807, 2.05) is 11.9 Å². The van der Waals surface area contributed by atoms with Crippen LogP contribution in [-0.4, -0.2) is 24.4 Å². The van der Waals surface area contributed by atoms with Crippen molar-refractivity contribution in [3.8, 4) is 0 Å². The van der Waals surface area contributed by atoms with Crippen LogP contribution >= 0.6 is 0 Å². The molecule has 4 aliphatic rings. The first-order chi connectivity index (χ1) is 11.5. The van der Waals surface area contributed by atoms with Crippen molar-refractivity contribution in [2.75, 3.05) is 13.6 Å². The number of likely N-dealkylation sites (N-methyl/N-ethyl adjacent to an activating group) is 1. The van der Waals surface area contributed by atoms with E-state index in [2.05, 4.69) is 0 Å². The maximum absolute atomic E-state index is 12.9. The van der Waals surface area contributed by atoms with Gasteiger partial charge in [0.1, 0.15) is 5.82 Å². The molecule has 0 unspecified atom stereocenters. The van der Waals surface area contributed by atoms with Crippen LogP contribution in [0.2, 0.25) is 0 Å². The first-order valence-corrected chi connectivity index (χ1v) is 9.20. The van der Waals surface area contributed by atoms with Crippen LogP contribution in [-0.2, 0) is 4.79 Å². The number of halogens is 1. The van der Waals surface area contributed by atoms with Crippen molar-refractivity contribution in [2.24, 2.45) is 23.2 Å². The molecular formula is C21H26FNO. The Labute approximate surface area is 143 Å². The summed E-state index contributed by atoms with van der Waals surface area (Å²) in [5.41, 5.74) is 1.23. The number of amides is 1. The van der Waals surface area contributed by atoms with Gasteiger partial charge in [-0.15, -0.1) is 0 Å². The summed E-state index contributed by atoms with van der Waals surface area (Å²) in [6.45, 7) is 0.892. The predicted octanol–water partition coefficient (Wildman–Crippen LogP) is 4.51. The fraction of sp³-hybridized carbons (Fsp3) is 0.571. The number of carbonyl (C=O) groups is 1. The average molecular weight is 327 g/mol. The molecule has 5 rings (SSSR count). The summed E-state index contributed by atoms with van der Waals surface area (Å²) in [7, 11) is 1.93. The van der Waals surface area contributed by atoms with Gasteiger partial charge in [0, 0.05) is 19.7 Å². The van der Waals surface area contributed by atoms with Crippen molar-refractivity contribution >= 4 is 12.0 Å². The first kappa shape index (κ1) is 15.9. The zero-order valence-electron chi connectivity index (χ0n) is 14.4. The van der Waals surface area contributed by atoms with Gasteiger partial charge >= 0.3 is 0 Å². The van der Waals surface area contributed by atoms with Gasteiger partial charge in [0.05, 0.1) is 0 Å². The van der Waals surface area contributed by atoms with Crippen LogP contribution in [0, 0.1) is 29.0 Å². The number of nitrogens with zero attached hydrogens (tertiary/aromatic N) is 1. The van der Waals surface area contributed by atoms with Gasteiger partial charge in [0.15, 0.2) is 0 Å². The van der Waals surface area contributed by atoms with Gasteiger partial charge in [0.25, 0.3) is 0 Å². The topological polar surface area (TPSA) is 20.3 Å². The lowest BCUT2D eigenvalue weighted by Gasteiger charge is -2.57. The zero-order chi connectivity index (χ0) is 16.7. The Morgan fingerprint density at radius 3 is 2.21 bits per heavy atom. The molecule has 128 valence electrons. The number of carbonyl (C=O) groups excluding carboxylic acids is 1. The van der Waals surface area contributed by atoms with E-state index in [4.69, 9.17) is 0 Å². The van der Waals surface area contributed by atoms with E-state index in [1.54, 1.807) is 24.3 Å². The zero-order valence-corrected chi connectivity index (χ0v) is 14.4. The lowest BCUT2D eigenvalue weighted by molar-refractivity contribution is -0.130. The maximum atomic E-state index is 12.9. The van der Waals surface area contributed by atoms with Crippen molar-refractivity contribution < 1.29 is 9.18 Å². The van der Waals surface area contributed by atoms with Gasteiger partial charge in [-0.2, -0.15) is 0 Å². The van der Waals surface area contributed by atoms with E-state index in [9.17, 15) is 9.18 Å². The highest BCUT2D eigenvalue weighted by Crippen LogP contribution is 2.60. The maximum Gasteiger partial charge on any atom is 0.246 e. The summed E-state index contributed by atoms with van der Waals surface area (Å²) in [6.07, 6.45) is 11.6. The van der Waals surface area contributed by atoms with Crippen molar-refractivity contribution in [1.82, 2.24) is 4.90 Å². The van der Waals surface area contributed by atoms with Crippen molar-refractivity contribution in [3.63, 3.8) is 0 Å². The molecule has 1 aromatic rings. The van der Waals surface area contributed by atoms with Crippen LogP contribution in [0.15, 0.2) is 30.3 Å². The summed E-state index contributed by atoms with van der Waals surface area (Å²) < 4.78 is 12.9. The van der Waals surface area contributed by atoms with Crippen LogP contribution in [0.1, 0.15) is 44.1 Å². The predicted molar refractivity (Wildman–Crippen MR) is 93.7 cm³/mol. The van der Waals surface area contributed by atoms with E-state index in [1.165, 1.54) is 50.7 Å². The molecule has 1 amide bonds. The minimum Gasteiger partial charge on any atom is -0.342 e.